The fraction of sp³-hybridized carbons (Fsp3) is 0.143. The first-order chi connectivity index (χ1) is 67.2. The Balaban J connectivity index is 1.00. The number of rotatable bonds is 10. The lowest BCUT2D eigenvalue weighted by atomic mass is 9.73. The molecule has 1 unspecified atom stereocenters. The molecule has 4 aromatic heterocycles. The van der Waals surface area contributed by atoms with Gasteiger partial charge in [-0.05, 0) is 185 Å². The zero-order valence-electron chi connectivity index (χ0n) is 87.6. The largest absolute Gasteiger partial charge is 0.456 e. The van der Waals surface area contributed by atoms with Gasteiger partial charge in [-0.3, -0.25) is 0 Å². The fourth-order valence-electron chi connectivity index (χ4n) is 19.7. The molecular weight excluding hydrogens is 1520 g/mol. The molecule has 2 aliphatic heterocycles. The van der Waals surface area contributed by atoms with E-state index in [-0.39, 0.29) is 76.6 Å². The van der Waals surface area contributed by atoms with E-state index in [9.17, 15) is 21.9 Å². The number of benzene rings is 17. The zero-order valence-corrected chi connectivity index (χ0v) is 71.6. The van der Waals surface area contributed by atoms with Gasteiger partial charge in [-0.15, -0.1) is 0 Å². The van der Waals surface area contributed by atoms with Crippen LogP contribution in [-0.2, 0) is 21.7 Å². The number of furan rings is 1. The molecule has 0 bridgehead atoms. The van der Waals surface area contributed by atoms with Crippen LogP contribution in [-0.4, -0.2) is 13.7 Å². The SMILES string of the molecule is [2H]c1c([2H])c([2H])c2c(c1[2H])c1c([2H])c([2H])c([2H])c([2H])c1n2-c1ccc2c(c1)N(c1c(-c3ccccc3)cc3c(c1-c1ccccc1)c1ccccc1n3-c1cc(C(C)(C)C)cc(C(C)(C)C)c1)c1cc(-n3c4c([2H])c([2H])c([2H])c([2H])c4c4c([2H])c([2H])c([2H])c([2H])c43)cc3c1C2c1cc(-c2cc(C(C)(C)C)cc(C(C)(C)C)c2)ccc1N3c1c(-c2ccccc2)cc2oc3ccccc3c2c1-c1ccccc1. The highest BCUT2D eigenvalue weighted by Crippen LogP contribution is 2.67. The van der Waals surface area contributed by atoms with E-state index >= 15 is 0 Å². The maximum Gasteiger partial charge on any atom is 0.136 e. The third kappa shape index (κ3) is 12.0. The quantitative estimate of drug-likeness (QED) is 0.137. The van der Waals surface area contributed by atoms with E-state index in [1.165, 1.54) is 0 Å². The highest BCUT2D eigenvalue weighted by molar-refractivity contribution is 6.24. The maximum absolute atomic E-state index is 10.5. The molecule has 0 N–H and O–H groups in total. The van der Waals surface area contributed by atoms with Crippen molar-refractivity contribution in [1.29, 1.82) is 0 Å². The average Bonchev–Trinajstić information content (AvgIpc) is 1.67. The van der Waals surface area contributed by atoms with Gasteiger partial charge < -0.3 is 27.9 Å². The number of hydrogen-bond acceptors (Lipinski definition) is 3. The summed E-state index contributed by atoms with van der Waals surface area (Å²) in [5.41, 5.74) is 20.6. The molecule has 0 fully saturated rings. The molecule has 0 saturated heterocycles. The molecule has 0 saturated carbocycles. The van der Waals surface area contributed by atoms with Crippen LogP contribution in [0, 0.1) is 0 Å². The van der Waals surface area contributed by atoms with Crippen LogP contribution in [0.4, 0.5) is 34.1 Å². The summed E-state index contributed by atoms with van der Waals surface area (Å²) in [7, 11) is 0. The Morgan fingerprint density at radius 2 is 0.672 bits per heavy atom. The minimum Gasteiger partial charge on any atom is -0.456 e. The Morgan fingerprint density at radius 1 is 0.264 bits per heavy atom. The molecule has 23 rings (SSSR count). The third-order valence-electron chi connectivity index (χ3n) is 25.8. The Kier molecular flexibility index (Phi) is 13.5. The third-order valence-corrected chi connectivity index (χ3v) is 25.8. The maximum atomic E-state index is 10.5. The number of aromatic nitrogens is 3. The predicted molar refractivity (Wildman–Crippen MR) is 529 cm³/mol. The Labute approximate surface area is 753 Å². The van der Waals surface area contributed by atoms with E-state index in [1.807, 2.05) is 115 Å². The van der Waals surface area contributed by atoms with Crippen LogP contribution < -0.4 is 9.80 Å². The molecule has 125 heavy (non-hydrogen) atoms. The van der Waals surface area contributed by atoms with Crippen LogP contribution in [0.5, 0.6) is 0 Å². The molecule has 6 heterocycles. The van der Waals surface area contributed by atoms with E-state index in [0.29, 0.717) is 62.0 Å². The molecule has 0 spiro atoms. The van der Waals surface area contributed by atoms with Crippen molar-refractivity contribution in [1.82, 2.24) is 13.7 Å². The van der Waals surface area contributed by atoms with Crippen molar-refractivity contribution in [2.75, 3.05) is 9.80 Å². The van der Waals surface area contributed by atoms with Crippen molar-refractivity contribution in [2.45, 2.75) is 111 Å². The van der Waals surface area contributed by atoms with Crippen LogP contribution in [0.15, 0.2) is 368 Å². The summed E-state index contributed by atoms with van der Waals surface area (Å²) in [6.45, 7) is 26.8. The van der Waals surface area contributed by atoms with E-state index in [0.717, 1.165) is 116 Å². The second-order valence-corrected chi connectivity index (χ2v) is 37.6. The van der Waals surface area contributed by atoms with Gasteiger partial charge in [0.15, 0.2) is 0 Å². The minimum atomic E-state index is -0.916. The fourth-order valence-corrected chi connectivity index (χ4v) is 19.7. The van der Waals surface area contributed by atoms with Crippen LogP contribution >= 0.6 is 0 Å². The lowest BCUT2D eigenvalue weighted by molar-refractivity contribution is 0.567. The Bertz CT molecular complexity index is 8820. The Morgan fingerprint density at radius 3 is 1.18 bits per heavy atom. The van der Waals surface area contributed by atoms with Gasteiger partial charge in [0.05, 0.1) is 94.8 Å². The lowest BCUT2D eigenvalue weighted by Gasteiger charge is -2.47. The highest BCUT2D eigenvalue weighted by atomic mass is 16.3. The smallest absolute Gasteiger partial charge is 0.136 e. The number of hydrogen-bond donors (Lipinski definition) is 0. The molecule has 604 valence electrons. The van der Waals surface area contributed by atoms with Crippen molar-refractivity contribution in [3.05, 3.63) is 403 Å². The number of para-hydroxylation sites is 6. The lowest BCUT2D eigenvalue weighted by Crippen LogP contribution is -2.30. The molecular formula is C119H97N5O. The second kappa shape index (κ2) is 28.0. The summed E-state index contributed by atoms with van der Waals surface area (Å²) in [6.07, 6.45) is 0. The minimum absolute atomic E-state index is 0.105. The zero-order chi connectivity index (χ0) is 98.8. The molecule has 0 amide bonds. The predicted octanol–water partition coefficient (Wildman–Crippen LogP) is 33.1. The van der Waals surface area contributed by atoms with Crippen LogP contribution in [0.1, 0.15) is 150 Å². The number of anilines is 6. The first-order valence-corrected chi connectivity index (χ1v) is 42.9. The van der Waals surface area contributed by atoms with E-state index in [2.05, 4.69) is 249 Å². The topological polar surface area (TPSA) is 34.4 Å². The molecule has 6 heteroatoms. The van der Waals surface area contributed by atoms with Crippen molar-refractivity contribution in [2.24, 2.45) is 0 Å². The van der Waals surface area contributed by atoms with Crippen molar-refractivity contribution in [3.8, 4) is 72.7 Å². The van der Waals surface area contributed by atoms with Gasteiger partial charge in [0.1, 0.15) is 11.2 Å². The standard InChI is InChI=1S/C119H97N5O/c1-116(2,3)79-61-78(62-80(64-79)117(4,5)6)77-57-60-101-95(63-77)110-91-59-58-83(120-96-51-31-25-45-86(96)87-46-26-32-52-97(87)120)68-102(91)124(114-93(73-37-17-13-18-38-73)71-105-111(108(114)75-41-21-15-22-42-75)90-49-29-35-55-100(90)122(105)84-66-81(118(7,8)9)65-82(67-84)119(10,11)12)104-70-85(121-98-53-33-27-47-88(98)89-48-28-34-54-99(89)121)69-103(113(104)110)123(101)115-94(74-39-19-14-20-40-74)72-107-112(92-50-30-36-56-106(92)125-107)109(115)76-43-23-16-24-44-76/h13-72,110H,1-12H3/i25D,26D,27D,28D,31D,32D,33D,34D,45D,46D,47D,48D,51D,52D,53D,54D. The van der Waals surface area contributed by atoms with Crippen molar-refractivity contribution in [3.63, 3.8) is 0 Å². The summed E-state index contributed by atoms with van der Waals surface area (Å²) in [5, 5.41) is 2.83. The number of nitrogens with zero attached hydrogens (tertiary/aromatic N) is 5. The molecule has 6 nitrogen and oxygen atoms in total. The average molecular weight is 1630 g/mol. The van der Waals surface area contributed by atoms with Crippen molar-refractivity contribution < 1.29 is 26.3 Å². The van der Waals surface area contributed by atoms with Crippen LogP contribution in [0.25, 0.3) is 160 Å². The number of fused-ring (bicyclic) bond motifs is 16. The van der Waals surface area contributed by atoms with Gasteiger partial charge in [0.2, 0.25) is 0 Å². The Hall–Kier alpha value is -14.5. The molecule has 1 atom stereocenters. The first kappa shape index (κ1) is 60.1. The van der Waals surface area contributed by atoms with Crippen molar-refractivity contribution >= 4 is 121 Å². The van der Waals surface area contributed by atoms with E-state index in [4.69, 9.17) is 4.42 Å². The van der Waals surface area contributed by atoms with Gasteiger partial charge in [-0.25, -0.2) is 0 Å². The molecule has 21 aromatic rings. The van der Waals surface area contributed by atoms with Gasteiger partial charge in [-0.2, -0.15) is 0 Å². The second-order valence-electron chi connectivity index (χ2n) is 37.6. The van der Waals surface area contributed by atoms with Gasteiger partial charge in [-0.1, -0.05) is 350 Å². The monoisotopic (exact) mass is 1630 g/mol. The van der Waals surface area contributed by atoms with Crippen LogP contribution in [0.3, 0.4) is 0 Å². The summed E-state index contributed by atoms with van der Waals surface area (Å²) in [4.78, 5) is 4.61. The van der Waals surface area contributed by atoms with E-state index < -0.39 is 103 Å². The molecule has 17 aromatic carbocycles. The van der Waals surface area contributed by atoms with Gasteiger partial charge in [0, 0.05) is 88.2 Å². The molecule has 0 radical (unpaired) electrons. The summed E-state index contributed by atoms with van der Waals surface area (Å²) < 4.78 is 171. The van der Waals surface area contributed by atoms with Crippen LogP contribution in [0.2, 0.25) is 0 Å². The normalized spacial score (nSPS) is 15.4. The summed E-state index contributed by atoms with van der Waals surface area (Å²) >= 11 is 0. The summed E-state index contributed by atoms with van der Waals surface area (Å²) in [5.74, 6) is -0.916. The van der Waals surface area contributed by atoms with Gasteiger partial charge in [0.25, 0.3) is 0 Å². The molecule has 0 aliphatic carbocycles. The van der Waals surface area contributed by atoms with E-state index in [1.54, 1.807) is 9.13 Å². The molecule has 2 aliphatic rings. The highest BCUT2D eigenvalue weighted by Gasteiger charge is 2.46. The van der Waals surface area contributed by atoms with Gasteiger partial charge >= 0.3 is 0 Å². The summed E-state index contributed by atoms with van der Waals surface area (Å²) in [6, 6.07) is 83.5. The first-order valence-electron chi connectivity index (χ1n) is 50.9.